The summed E-state index contributed by atoms with van der Waals surface area (Å²) >= 11 is 7.20. The van der Waals surface area contributed by atoms with Crippen LogP contribution in [0.3, 0.4) is 0 Å². The fraction of sp³-hybridized carbons (Fsp3) is 0.0714. The Morgan fingerprint density at radius 2 is 1.96 bits per heavy atom. The summed E-state index contributed by atoms with van der Waals surface area (Å²) in [6.07, 6.45) is 0. The zero-order chi connectivity index (χ0) is 16.6. The van der Waals surface area contributed by atoms with Crippen molar-refractivity contribution in [3.8, 4) is 11.1 Å². The quantitative estimate of drug-likeness (QED) is 0.471. The summed E-state index contributed by atoms with van der Waals surface area (Å²) in [4.78, 5) is 25.1. The lowest BCUT2D eigenvalue weighted by Crippen LogP contribution is -1.83. The van der Waals surface area contributed by atoms with Crippen molar-refractivity contribution in [3.05, 3.63) is 47.2 Å². The predicted molar refractivity (Wildman–Crippen MR) is 89.3 cm³/mol. The van der Waals surface area contributed by atoms with Crippen LogP contribution in [-0.2, 0) is 4.57 Å². The Labute approximate surface area is 140 Å². The van der Waals surface area contributed by atoms with Gasteiger partial charge in [-0.2, -0.15) is 0 Å². The van der Waals surface area contributed by atoms with Crippen molar-refractivity contribution in [3.63, 3.8) is 0 Å². The summed E-state index contributed by atoms with van der Waals surface area (Å²) in [5, 5.41) is 0.870. The largest absolute Gasteiger partial charge is 0.335 e. The predicted octanol–water partition coefficient (Wildman–Crippen LogP) is 4.25. The van der Waals surface area contributed by atoms with Gasteiger partial charge in [0.2, 0.25) is 0 Å². The van der Waals surface area contributed by atoms with E-state index in [1.54, 1.807) is 24.3 Å². The van der Waals surface area contributed by atoms with Gasteiger partial charge in [0.1, 0.15) is 11.3 Å². The first-order valence-electron chi connectivity index (χ1n) is 6.44. The topological polar surface area (TPSA) is 86.2 Å². The molecule has 120 valence electrons. The Bertz CT molecular complexity index is 910. The van der Waals surface area contributed by atoms with Crippen LogP contribution in [0.4, 0.5) is 4.39 Å². The third-order valence-corrected chi connectivity index (χ3v) is 5.71. The highest BCUT2D eigenvalue weighted by molar-refractivity contribution is 8.04. The summed E-state index contributed by atoms with van der Waals surface area (Å²) in [7, 11) is -4.10. The van der Waals surface area contributed by atoms with Crippen LogP contribution < -0.4 is 0 Å². The minimum atomic E-state index is -4.10. The van der Waals surface area contributed by atoms with E-state index < -0.39 is 7.60 Å². The fourth-order valence-corrected chi connectivity index (χ4v) is 3.85. The van der Waals surface area contributed by atoms with Gasteiger partial charge in [-0.1, -0.05) is 35.5 Å². The molecule has 5 nitrogen and oxygen atoms in total. The van der Waals surface area contributed by atoms with Crippen molar-refractivity contribution in [2.75, 3.05) is 5.49 Å². The smallest absolute Gasteiger partial charge is 0.333 e. The summed E-state index contributed by atoms with van der Waals surface area (Å²) in [6.45, 7) is 0. The van der Waals surface area contributed by atoms with E-state index in [1.165, 1.54) is 12.1 Å². The molecule has 0 spiro atoms. The third-order valence-electron chi connectivity index (χ3n) is 3.07. The van der Waals surface area contributed by atoms with Crippen LogP contribution >= 0.6 is 31.0 Å². The summed E-state index contributed by atoms with van der Waals surface area (Å²) in [5.41, 5.74) is 2.38. The zero-order valence-electron chi connectivity index (χ0n) is 11.5. The van der Waals surface area contributed by atoms with Crippen molar-refractivity contribution in [2.24, 2.45) is 0 Å². The van der Waals surface area contributed by atoms with Crippen LogP contribution in [0, 0.1) is 5.82 Å². The lowest BCUT2D eigenvalue weighted by atomic mass is 10.1. The zero-order valence-corrected chi connectivity index (χ0v) is 14.0. The molecular weight excluding hydrogens is 362 g/mol. The number of rotatable bonds is 4. The molecule has 0 bridgehead atoms. The van der Waals surface area contributed by atoms with Crippen LogP contribution in [0.25, 0.3) is 22.2 Å². The van der Waals surface area contributed by atoms with Gasteiger partial charge in [0, 0.05) is 5.56 Å². The molecule has 1 heterocycles. The number of halogens is 2. The second-order valence-corrected chi connectivity index (χ2v) is 8.28. The number of benzene rings is 2. The van der Waals surface area contributed by atoms with Gasteiger partial charge in [-0.3, -0.25) is 4.57 Å². The molecule has 0 fully saturated rings. The third kappa shape index (κ3) is 3.94. The number of hydrogen-bond donors (Lipinski definition) is 3. The first kappa shape index (κ1) is 16.5. The van der Waals surface area contributed by atoms with E-state index in [0.29, 0.717) is 26.8 Å². The van der Waals surface area contributed by atoms with Crippen molar-refractivity contribution in [2.45, 2.75) is 5.16 Å². The molecule has 3 aromatic rings. The van der Waals surface area contributed by atoms with Gasteiger partial charge in [0.05, 0.1) is 16.1 Å². The Morgan fingerprint density at radius 1 is 1.26 bits per heavy atom. The van der Waals surface area contributed by atoms with E-state index in [-0.39, 0.29) is 11.3 Å². The first-order valence-corrected chi connectivity index (χ1v) is 9.60. The molecule has 0 unspecified atom stereocenters. The maximum absolute atomic E-state index is 13.0. The molecule has 0 radical (unpaired) electrons. The molecule has 9 heteroatoms. The van der Waals surface area contributed by atoms with E-state index in [4.69, 9.17) is 21.4 Å². The van der Waals surface area contributed by atoms with Crippen molar-refractivity contribution in [1.29, 1.82) is 0 Å². The fourth-order valence-electron chi connectivity index (χ4n) is 2.07. The minimum absolute atomic E-state index is 0.332. The van der Waals surface area contributed by atoms with Gasteiger partial charge >= 0.3 is 7.60 Å². The molecule has 2 aromatic carbocycles. The van der Waals surface area contributed by atoms with Gasteiger partial charge in [0.15, 0.2) is 5.16 Å². The Kier molecular flexibility index (Phi) is 4.49. The lowest BCUT2D eigenvalue weighted by molar-refractivity contribution is 0.379. The number of nitrogens with zero attached hydrogens (tertiary/aromatic N) is 1. The average molecular weight is 373 g/mol. The van der Waals surface area contributed by atoms with E-state index in [9.17, 15) is 8.96 Å². The molecular formula is C14H11ClFN2O3PS. The highest BCUT2D eigenvalue weighted by Gasteiger charge is 2.16. The highest BCUT2D eigenvalue weighted by Crippen LogP contribution is 2.41. The molecule has 1 aromatic heterocycles. The van der Waals surface area contributed by atoms with Gasteiger partial charge in [-0.15, -0.1) is 0 Å². The molecule has 0 aliphatic heterocycles. The van der Waals surface area contributed by atoms with Crippen LogP contribution in [0.1, 0.15) is 0 Å². The van der Waals surface area contributed by atoms with Gasteiger partial charge in [-0.25, -0.2) is 9.37 Å². The number of hydrogen-bond acceptors (Lipinski definition) is 3. The molecule has 3 rings (SSSR count). The van der Waals surface area contributed by atoms with Gasteiger partial charge in [-0.05, 0) is 29.8 Å². The number of thioether (sulfide) groups is 1. The Morgan fingerprint density at radius 3 is 2.61 bits per heavy atom. The molecule has 23 heavy (non-hydrogen) atoms. The summed E-state index contributed by atoms with van der Waals surface area (Å²) in [6, 6.07) is 9.38. The monoisotopic (exact) mass is 372 g/mol. The van der Waals surface area contributed by atoms with E-state index in [0.717, 1.165) is 17.3 Å². The Hall–Kier alpha value is -1.37. The summed E-state index contributed by atoms with van der Waals surface area (Å²) < 4.78 is 23.9. The molecule has 0 aliphatic rings. The minimum Gasteiger partial charge on any atom is -0.333 e. The second-order valence-electron chi connectivity index (χ2n) is 4.84. The SMILES string of the molecule is O=P(O)(O)CSc1nc2cc(-c3ccc(F)cc3)c(Cl)cc2[nH]1. The normalized spacial score (nSPS) is 12.0. The highest BCUT2D eigenvalue weighted by atomic mass is 35.5. The average Bonchev–Trinajstić information content (AvgIpc) is 2.86. The van der Waals surface area contributed by atoms with Crippen LogP contribution in [0.5, 0.6) is 0 Å². The van der Waals surface area contributed by atoms with Crippen molar-refractivity contribution >= 4 is 42.0 Å². The number of imidazole rings is 1. The number of aromatic amines is 1. The first-order chi connectivity index (χ1) is 10.8. The van der Waals surface area contributed by atoms with Crippen LogP contribution in [-0.4, -0.2) is 25.2 Å². The maximum Gasteiger partial charge on any atom is 0.335 e. The van der Waals surface area contributed by atoms with Gasteiger partial charge in [0.25, 0.3) is 0 Å². The molecule has 0 saturated heterocycles. The number of nitrogens with one attached hydrogen (secondary N) is 1. The molecule has 0 saturated carbocycles. The van der Waals surface area contributed by atoms with Gasteiger partial charge < -0.3 is 14.8 Å². The molecule has 0 aliphatic carbocycles. The number of fused-ring (bicyclic) bond motifs is 1. The lowest BCUT2D eigenvalue weighted by Gasteiger charge is -2.04. The van der Waals surface area contributed by atoms with E-state index in [2.05, 4.69) is 9.97 Å². The van der Waals surface area contributed by atoms with Crippen LogP contribution in [0.2, 0.25) is 5.02 Å². The number of H-pyrrole nitrogens is 1. The molecule has 0 amide bonds. The number of aromatic nitrogens is 2. The van der Waals surface area contributed by atoms with Crippen LogP contribution in [0.15, 0.2) is 41.6 Å². The standard InChI is InChI=1S/C14H11ClFN2O3PS/c15-11-6-13-12(17-14(18-13)23-7-22(19,20)21)5-10(11)8-1-3-9(16)4-2-8/h1-6H,7H2,(H,17,18)(H2,19,20,21). The van der Waals surface area contributed by atoms with E-state index >= 15 is 0 Å². The van der Waals surface area contributed by atoms with E-state index in [1.807, 2.05) is 0 Å². The molecule has 3 N–H and O–H groups in total. The van der Waals surface area contributed by atoms with Crippen molar-refractivity contribution in [1.82, 2.24) is 9.97 Å². The Balaban J connectivity index is 1.97. The molecule has 0 atom stereocenters. The maximum atomic E-state index is 13.0. The van der Waals surface area contributed by atoms with Crippen molar-refractivity contribution < 1.29 is 18.7 Å². The summed E-state index contributed by atoms with van der Waals surface area (Å²) in [5.74, 6) is -0.332. The second kappa shape index (κ2) is 6.26.